The third kappa shape index (κ3) is 1.66. The van der Waals surface area contributed by atoms with Crippen LogP contribution in [0.25, 0.3) is 21.8 Å². The van der Waals surface area contributed by atoms with Crippen LogP contribution in [0.1, 0.15) is 13.8 Å². The standard InChI is InChI=1S/C15H15NO/c1-10(2)17-14-9-5-7-12-11-6-3-4-8-13(11)16-15(12)14/h3-10,16H,1-2H3. The number of aromatic nitrogens is 1. The van der Waals surface area contributed by atoms with Crippen molar-refractivity contribution >= 4 is 21.8 Å². The van der Waals surface area contributed by atoms with Crippen molar-refractivity contribution in [1.29, 1.82) is 0 Å². The summed E-state index contributed by atoms with van der Waals surface area (Å²) in [6.07, 6.45) is 0.187. The lowest BCUT2D eigenvalue weighted by molar-refractivity contribution is 0.245. The third-order valence-corrected chi connectivity index (χ3v) is 2.87. The van der Waals surface area contributed by atoms with E-state index >= 15 is 0 Å². The first-order valence-electron chi connectivity index (χ1n) is 5.92. The first kappa shape index (κ1) is 10.2. The first-order chi connectivity index (χ1) is 8.25. The average Bonchev–Trinajstić information content (AvgIpc) is 2.68. The molecule has 2 heteroatoms. The van der Waals surface area contributed by atoms with E-state index in [1.165, 1.54) is 10.8 Å². The van der Waals surface area contributed by atoms with Crippen molar-refractivity contribution in [3.63, 3.8) is 0 Å². The number of ether oxygens (including phenoxy) is 1. The van der Waals surface area contributed by atoms with Crippen LogP contribution in [0.4, 0.5) is 0 Å². The molecule has 0 saturated carbocycles. The molecule has 0 radical (unpaired) electrons. The van der Waals surface area contributed by atoms with E-state index in [1.54, 1.807) is 0 Å². The highest BCUT2D eigenvalue weighted by atomic mass is 16.5. The van der Waals surface area contributed by atoms with Crippen LogP contribution in [0.2, 0.25) is 0 Å². The fourth-order valence-electron chi connectivity index (χ4n) is 2.20. The number of aromatic amines is 1. The molecule has 0 saturated heterocycles. The molecule has 0 amide bonds. The summed E-state index contributed by atoms with van der Waals surface area (Å²) >= 11 is 0. The number of hydrogen-bond acceptors (Lipinski definition) is 1. The minimum absolute atomic E-state index is 0.187. The maximum Gasteiger partial charge on any atom is 0.143 e. The number of fused-ring (bicyclic) bond motifs is 3. The van der Waals surface area contributed by atoms with Gasteiger partial charge in [-0.05, 0) is 26.0 Å². The Labute approximate surface area is 100 Å². The van der Waals surface area contributed by atoms with Crippen molar-refractivity contribution in [3.8, 4) is 5.75 Å². The molecule has 0 bridgehead atoms. The van der Waals surface area contributed by atoms with Gasteiger partial charge in [-0.2, -0.15) is 0 Å². The highest BCUT2D eigenvalue weighted by Gasteiger charge is 2.08. The fourth-order valence-corrected chi connectivity index (χ4v) is 2.20. The second-order valence-electron chi connectivity index (χ2n) is 4.52. The van der Waals surface area contributed by atoms with Crippen LogP contribution in [0, 0.1) is 0 Å². The second-order valence-corrected chi connectivity index (χ2v) is 4.52. The zero-order valence-electron chi connectivity index (χ0n) is 10.0. The van der Waals surface area contributed by atoms with Gasteiger partial charge < -0.3 is 9.72 Å². The van der Waals surface area contributed by atoms with Crippen LogP contribution in [0.5, 0.6) is 5.75 Å². The van der Waals surface area contributed by atoms with Crippen LogP contribution in [-0.4, -0.2) is 11.1 Å². The van der Waals surface area contributed by atoms with Crippen molar-refractivity contribution in [3.05, 3.63) is 42.5 Å². The fraction of sp³-hybridized carbons (Fsp3) is 0.200. The Kier molecular flexibility index (Phi) is 2.29. The van der Waals surface area contributed by atoms with Gasteiger partial charge in [-0.15, -0.1) is 0 Å². The lowest BCUT2D eigenvalue weighted by Crippen LogP contribution is -2.05. The van der Waals surface area contributed by atoms with E-state index in [1.807, 2.05) is 32.0 Å². The topological polar surface area (TPSA) is 25.0 Å². The van der Waals surface area contributed by atoms with E-state index < -0.39 is 0 Å². The summed E-state index contributed by atoms with van der Waals surface area (Å²) in [5, 5.41) is 2.47. The normalized spacial score (nSPS) is 11.5. The van der Waals surface area contributed by atoms with Crippen molar-refractivity contribution in [1.82, 2.24) is 4.98 Å². The molecule has 1 aromatic heterocycles. The van der Waals surface area contributed by atoms with Gasteiger partial charge in [0.05, 0.1) is 11.6 Å². The first-order valence-corrected chi connectivity index (χ1v) is 5.92. The summed E-state index contributed by atoms with van der Waals surface area (Å²) in [5.74, 6) is 0.925. The van der Waals surface area contributed by atoms with Gasteiger partial charge in [-0.3, -0.25) is 0 Å². The summed E-state index contributed by atoms with van der Waals surface area (Å²) in [4.78, 5) is 3.43. The molecule has 86 valence electrons. The van der Waals surface area contributed by atoms with Crippen LogP contribution < -0.4 is 4.74 Å². The van der Waals surface area contributed by atoms with Crippen LogP contribution in [0.3, 0.4) is 0 Å². The van der Waals surface area contributed by atoms with Crippen molar-refractivity contribution in [2.75, 3.05) is 0 Å². The molecule has 0 aliphatic rings. The molecular weight excluding hydrogens is 210 g/mol. The average molecular weight is 225 g/mol. The largest absolute Gasteiger partial charge is 0.489 e. The third-order valence-electron chi connectivity index (χ3n) is 2.87. The molecular formula is C15H15NO. The zero-order chi connectivity index (χ0) is 11.8. The molecule has 0 aliphatic heterocycles. The summed E-state index contributed by atoms with van der Waals surface area (Å²) in [6.45, 7) is 4.09. The summed E-state index contributed by atoms with van der Waals surface area (Å²) in [7, 11) is 0. The molecule has 0 aliphatic carbocycles. The van der Waals surface area contributed by atoms with E-state index in [0.717, 1.165) is 16.8 Å². The van der Waals surface area contributed by atoms with Crippen molar-refractivity contribution < 1.29 is 4.74 Å². The maximum absolute atomic E-state index is 5.83. The van der Waals surface area contributed by atoms with Gasteiger partial charge in [-0.25, -0.2) is 0 Å². The lowest BCUT2D eigenvalue weighted by atomic mass is 10.1. The van der Waals surface area contributed by atoms with Crippen molar-refractivity contribution in [2.24, 2.45) is 0 Å². The predicted molar refractivity (Wildman–Crippen MR) is 71.6 cm³/mol. The Balaban J connectivity index is 2.31. The van der Waals surface area contributed by atoms with E-state index in [0.29, 0.717) is 0 Å². The van der Waals surface area contributed by atoms with Gasteiger partial charge in [0.15, 0.2) is 0 Å². The van der Waals surface area contributed by atoms with E-state index in [2.05, 4.69) is 29.2 Å². The zero-order valence-corrected chi connectivity index (χ0v) is 10.0. The minimum atomic E-state index is 0.187. The van der Waals surface area contributed by atoms with E-state index in [4.69, 9.17) is 4.74 Å². The maximum atomic E-state index is 5.83. The lowest BCUT2D eigenvalue weighted by Gasteiger charge is -2.10. The smallest absolute Gasteiger partial charge is 0.143 e. The van der Waals surface area contributed by atoms with Crippen LogP contribution in [0.15, 0.2) is 42.5 Å². The van der Waals surface area contributed by atoms with Gasteiger partial charge in [0.25, 0.3) is 0 Å². The summed E-state index contributed by atoms with van der Waals surface area (Å²) < 4.78 is 5.83. The summed E-state index contributed by atoms with van der Waals surface area (Å²) in [5.41, 5.74) is 2.24. The molecule has 0 atom stereocenters. The molecule has 0 fully saturated rings. The predicted octanol–water partition coefficient (Wildman–Crippen LogP) is 4.11. The molecule has 2 nitrogen and oxygen atoms in total. The van der Waals surface area contributed by atoms with Gasteiger partial charge in [0, 0.05) is 16.3 Å². The highest BCUT2D eigenvalue weighted by molar-refractivity contribution is 6.09. The number of rotatable bonds is 2. The Morgan fingerprint density at radius 3 is 2.53 bits per heavy atom. The Bertz CT molecular complexity index is 667. The second kappa shape index (κ2) is 3.81. The minimum Gasteiger partial charge on any atom is -0.489 e. The quantitative estimate of drug-likeness (QED) is 0.697. The molecule has 3 rings (SSSR count). The molecule has 3 aromatic rings. The number of para-hydroxylation sites is 2. The van der Waals surface area contributed by atoms with Gasteiger partial charge in [-0.1, -0.05) is 30.3 Å². The van der Waals surface area contributed by atoms with E-state index in [9.17, 15) is 0 Å². The monoisotopic (exact) mass is 225 g/mol. The van der Waals surface area contributed by atoms with E-state index in [-0.39, 0.29) is 6.10 Å². The van der Waals surface area contributed by atoms with Crippen molar-refractivity contribution in [2.45, 2.75) is 20.0 Å². The SMILES string of the molecule is CC(C)Oc1cccc2c1[nH]c1ccccc12. The molecule has 0 unspecified atom stereocenters. The molecule has 0 spiro atoms. The summed E-state index contributed by atoms with van der Waals surface area (Å²) in [6, 6.07) is 14.5. The van der Waals surface area contributed by atoms with Gasteiger partial charge in [0.1, 0.15) is 5.75 Å². The van der Waals surface area contributed by atoms with Crippen LogP contribution in [-0.2, 0) is 0 Å². The Morgan fingerprint density at radius 2 is 1.71 bits per heavy atom. The van der Waals surface area contributed by atoms with Gasteiger partial charge in [0.2, 0.25) is 0 Å². The number of nitrogens with one attached hydrogen (secondary N) is 1. The van der Waals surface area contributed by atoms with Crippen LogP contribution >= 0.6 is 0 Å². The number of benzene rings is 2. The Hall–Kier alpha value is -1.96. The highest BCUT2D eigenvalue weighted by Crippen LogP contribution is 2.31. The molecule has 1 heterocycles. The van der Waals surface area contributed by atoms with Gasteiger partial charge >= 0.3 is 0 Å². The Morgan fingerprint density at radius 1 is 0.941 bits per heavy atom. The number of H-pyrrole nitrogens is 1. The molecule has 17 heavy (non-hydrogen) atoms. The molecule has 1 N–H and O–H groups in total. The molecule has 2 aromatic carbocycles. The number of hydrogen-bond donors (Lipinski definition) is 1.